The van der Waals surface area contributed by atoms with E-state index in [1.54, 1.807) is 20.2 Å². The van der Waals surface area contributed by atoms with Crippen LogP contribution in [0.15, 0.2) is 18.2 Å². The molecule has 4 nitrogen and oxygen atoms in total. The standard InChI is InChI=1S/C15H21FN2O2/c1-17-13-11(6-5-7-12(13)16)14(19)18(2)10-15(20)8-3-4-9-15/h5-7,17,20H,3-4,8-10H2,1-2H3. The first-order valence-electron chi connectivity index (χ1n) is 6.91. The Balaban J connectivity index is 2.16. The van der Waals surface area contributed by atoms with Gasteiger partial charge in [-0.2, -0.15) is 0 Å². The molecular weight excluding hydrogens is 259 g/mol. The maximum Gasteiger partial charge on any atom is 0.255 e. The second-order valence-electron chi connectivity index (χ2n) is 5.51. The van der Waals surface area contributed by atoms with Crippen molar-refractivity contribution in [1.82, 2.24) is 4.90 Å². The highest BCUT2D eigenvalue weighted by Crippen LogP contribution is 2.30. The van der Waals surface area contributed by atoms with Crippen molar-refractivity contribution in [3.63, 3.8) is 0 Å². The van der Waals surface area contributed by atoms with Crippen molar-refractivity contribution in [2.75, 3.05) is 26.0 Å². The topological polar surface area (TPSA) is 52.6 Å². The van der Waals surface area contributed by atoms with Gasteiger partial charge in [0.15, 0.2) is 0 Å². The number of hydrogen-bond donors (Lipinski definition) is 2. The van der Waals surface area contributed by atoms with Gasteiger partial charge in [0.2, 0.25) is 0 Å². The summed E-state index contributed by atoms with van der Waals surface area (Å²) in [6, 6.07) is 4.42. The third-order valence-electron chi connectivity index (χ3n) is 3.91. The number of rotatable bonds is 4. The Morgan fingerprint density at radius 1 is 1.45 bits per heavy atom. The smallest absolute Gasteiger partial charge is 0.255 e. The molecule has 1 saturated carbocycles. The minimum Gasteiger partial charge on any atom is -0.388 e. The van der Waals surface area contributed by atoms with Crippen LogP contribution >= 0.6 is 0 Å². The summed E-state index contributed by atoms with van der Waals surface area (Å²) in [5.41, 5.74) is -0.309. The van der Waals surface area contributed by atoms with Crippen molar-refractivity contribution < 1.29 is 14.3 Å². The molecule has 2 N–H and O–H groups in total. The minimum absolute atomic E-state index is 0.197. The van der Waals surface area contributed by atoms with Crippen LogP contribution in [0.1, 0.15) is 36.0 Å². The molecule has 0 spiro atoms. The van der Waals surface area contributed by atoms with E-state index in [1.165, 1.54) is 17.0 Å². The fourth-order valence-electron chi connectivity index (χ4n) is 2.87. The number of likely N-dealkylation sites (N-methyl/N-ethyl adjacent to an activating group) is 1. The molecule has 0 aliphatic heterocycles. The van der Waals surface area contributed by atoms with E-state index in [2.05, 4.69) is 5.32 Å². The van der Waals surface area contributed by atoms with Gasteiger partial charge in [0, 0.05) is 20.6 Å². The summed E-state index contributed by atoms with van der Waals surface area (Å²) in [7, 11) is 3.22. The summed E-state index contributed by atoms with van der Waals surface area (Å²) in [6.07, 6.45) is 3.40. The van der Waals surface area contributed by atoms with Crippen LogP contribution in [0.3, 0.4) is 0 Å². The molecule has 1 aromatic rings. The molecule has 0 atom stereocenters. The first-order valence-corrected chi connectivity index (χ1v) is 6.91. The van der Waals surface area contributed by atoms with Gasteiger partial charge in [-0.25, -0.2) is 4.39 Å². The number of nitrogens with zero attached hydrogens (tertiary/aromatic N) is 1. The van der Waals surface area contributed by atoms with Gasteiger partial charge in [-0.1, -0.05) is 18.9 Å². The summed E-state index contributed by atoms with van der Waals surface area (Å²) in [6.45, 7) is 0.283. The third-order valence-corrected chi connectivity index (χ3v) is 3.91. The molecule has 1 aromatic carbocycles. The van der Waals surface area contributed by atoms with Gasteiger partial charge >= 0.3 is 0 Å². The zero-order valence-electron chi connectivity index (χ0n) is 11.9. The van der Waals surface area contributed by atoms with Gasteiger partial charge in [0.05, 0.1) is 16.9 Å². The molecule has 1 aliphatic rings. The highest BCUT2D eigenvalue weighted by Gasteiger charge is 2.34. The maximum atomic E-state index is 13.7. The molecule has 2 rings (SSSR count). The summed E-state index contributed by atoms with van der Waals surface area (Å²) >= 11 is 0. The van der Waals surface area contributed by atoms with Crippen molar-refractivity contribution in [1.29, 1.82) is 0 Å². The van der Waals surface area contributed by atoms with Gasteiger partial charge in [-0.15, -0.1) is 0 Å². The van der Waals surface area contributed by atoms with E-state index in [1.807, 2.05) is 0 Å². The number of carbonyl (C=O) groups excluding carboxylic acids is 1. The molecule has 0 aromatic heterocycles. The van der Waals surface area contributed by atoms with Crippen molar-refractivity contribution in [3.05, 3.63) is 29.6 Å². The summed E-state index contributed by atoms with van der Waals surface area (Å²) < 4.78 is 13.7. The Labute approximate surface area is 118 Å². The van der Waals surface area contributed by atoms with Gasteiger partial charge in [0.25, 0.3) is 5.91 Å². The van der Waals surface area contributed by atoms with Crippen molar-refractivity contribution in [2.24, 2.45) is 0 Å². The minimum atomic E-state index is -0.794. The van der Waals surface area contributed by atoms with E-state index in [4.69, 9.17) is 0 Å². The molecule has 110 valence electrons. The van der Waals surface area contributed by atoms with E-state index in [0.29, 0.717) is 12.8 Å². The van der Waals surface area contributed by atoms with E-state index in [9.17, 15) is 14.3 Å². The molecule has 0 heterocycles. The fourth-order valence-corrected chi connectivity index (χ4v) is 2.87. The van der Waals surface area contributed by atoms with Crippen LogP contribution in [0.25, 0.3) is 0 Å². The molecule has 1 amide bonds. The second kappa shape index (κ2) is 5.79. The van der Waals surface area contributed by atoms with Crippen molar-refractivity contribution in [3.8, 4) is 0 Å². The van der Waals surface area contributed by atoms with Crippen LogP contribution < -0.4 is 5.32 Å². The Kier molecular flexibility index (Phi) is 4.28. The molecule has 5 heteroatoms. The third kappa shape index (κ3) is 2.93. The average molecular weight is 280 g/mol. The molecule has 0 saturated heterocycles. The number of aliphatic hydroxyl groups is 1. The zero-order chi connectivity index (χ0) is 14.8. The first kappa shape index (κ1) is 14.8. The van der Waals surface area contributed by atoms with Crippen molar-refractivity contribution >= 4 is 11.6 Å². The van der Waals surface area contributed by atoms with Crippen LogP contribution in [-0.2, 0) is 0 Å². The van der Waals surface area contributed by atoms with Gasteiger partial charge < -0.3 is 15.3 Å². The normalized spacial score (nSPS) is 17.0. The molecular formula is C15H21FN2O2. The molecule has 1 fully saturated rings. The predicted molar refractivity (Wildman–Crippen MR) is 76.3 cm³/mol. The fraction of sp³-hybridized carbons (Fsp3) is 0.533. The predicted octanol–water partition coefficient (Wildman–Crippen LogP) is 2.24. The Bertz CT molecular complexity index is 499. The lowest BCUT2D eigenvalue weighted by Crippen LogP contribution is -2.42. The summed E-state index contributed by atoms with van der Waals surface area (Å²) in [5.74, 6) is -0.736. The zero-order valence-corrected chi connectivity index (χ0v) is 11.9. The number of amides is 1. The lowest BCUT2D eigenvalue weighted by atomic mass is 10.0. The number of hydrogen-bond acceptors (Lipinski definition) is 3. The number of para-hydroxylation sites is 1. The molecule has 20 heavy (non-hydrogen) atoms. The van der Waals surface area contributed by atoms with Crippen LogP contribution in [0.2, 0.25) is 0 Å². The molecule has 1 aliphatic carbocycles. The Morgan fingerprint density at radius 2 is 2.10 bits per heavy atom. The van der Waals surface area contributed by atoms with E-state index < -0.39 is 11.4 Å². The van der Waals surface area contributed by atoms with Gasteiger partial charge in [-0.3, -0.25) is 4.79 Å². The van der Waals surface area contributed by atoms with Crippen LogP contribution in [0, 0.1) is 5.82 Å². The number of carbonyl (C=O) groups is 1. The van der Waals surface area contributed by atoms with Crippen LogP contribution in [-0.4, -0.2) is 42.2 Å². The molecule has 0 bridgehead atoms. The van der Waals surface area contributed by atoms with Gasteiger partial charge in [0.1, 0.15) is 5.82 Å². The Morgan fingerprint density at radius 3 is 2.70 bits per heavy atom. The number of benzene rings is 1. The number of halogens is 1. The largest absolute Gasteiger partial charge is 0.388 e. The Hall–Kier alpha value is -1.62. The van der Waals surface area contributed by atoms with Crippen LogP contribution in [0.5, 0.6) is 0 Å². The quantitative estimate of drug-likeness (QED) is 0.889. The lowest BCUT2D eigenvalue weighted by molar-refractivity contribution is 0.0157. The molecule has 0 radical (unpaired) electrons. The monoisotopic (exact) mass is 280 g/mol. The number of anilines is 1. The van der Waals surface area contributed by atoms with Crippen molar-refractivity contribution in [2.45, 2.75) is 31.3 Å². The maximum absolute atomic E-state index is 13.7. The number of nitrogens with one attached hydrogen (secondary N) is 1. The first-order chi connectivity index (χ1) is 9.47. The summed E-state index contributed by atoms with van der Waals surface area (Å²) in [5, 5.41) is 13.1. The van der Waals surface area contributed by atoms with Gasteiger partial charge in [-0.05, 0) is 25.0 Å². The van der Waals surface area contributed by atoms with E-state index in [-0.39, 0.29) is 23.7 Å². The highest BCUT2D eigenvalue weighted by atomic mass is 19.1. The lowest BCUT2D eigenvalue weighted by Gasteiger charge is -2.29. The van der Waals surface area contributed by atoms with Crippen LogP contribution in [0.4, 0.5) is 10.1 Å². The molecule has 0 unspecified atom stereocenters. The second-order valence-corrected chi connectivity index (χ2v) is 5.51. The van der Waals surface area contributed by atoms with E-state index >= 15 is 0 Å². The van der Waals surface area contributed by atoms with E-state index in [0.717, 1.165) is 12.8 Å². The SMILES string of the molecule is CNc1c(F)cccc1C(=O)N(C)CC1(O)CCCC1. The highest BCUT2D eigenvalue weighted by molar-refractivity contribution is 5.99. The average Bonchev–Trinajstić information content (AvgIpc) is 2.84. The summed E-state index contributed by atoms with van der Waals surface area (Å²) in [4.78, 5) is 13.9.